The van der Waals surface area contributed by atoms with E-state index in [1.807, 2.05) is 0 Å². The minimum Gasteiger partial charge on any atom is -0.478 e. The van der Waals surface area contributed by atoms with Crippen molar-refractivity contribution in [2.75, 3.05) is 13.2 Å². The van der Waals surface area contributed by atoms with Crippen molar-refractivity contribution in [3.05, 3.63) is 12.7 Å². The molecule has 0 bridgehead atoms. The molecule has 0 aliphatic heterocycles. The summed E-state index contributed by atoms with van der Waals surface area (Å²) in [5.74, 6) is 0.216. The van der Waals surface area contributed by atoms with Crippen LogP contribution < -0.4 is 0 Å². The first-order valence-electron chi connectivity index (χ1n) is 11.9. The number of hydrogen-bond donors (Lipinski definition) is 1. The Balaban J connectivity index is 0. The third kappa shape index (κ3) is 30.4. The molecule has 0 fully saturated rings. The van der Waals surface area contributed by atoms with Gasteiger partial charge in [0.15, 0.2) is 0 Å². The van der Waals surface area contributed by atoms with Gasteiger partial charge in [0.05, 0.1) is 13.2 Å². The Morgan fingerprint density at radius 3 is 1.35 bits per heavy atom. The number of ether oxygens (including phenoxy) is 2. The summed E-state index contributed by atoms with van der Waals surface area (Å²) in [4.78, 5) is 32.5. The van der Waals surface area contributed by atoms with E-state index in [9.17, 15) is 14.4 Å². The summed E-state index contributed by atoms with van der Waals surface area (Å²) < 4.78 is 10.4. The Morgan fingerprint density at radius 2 is 1.06 bits per heavy atom. The maximum atomic E-state index is 11.6. The number of unbranched alkanes of at least 4 members (excludes halogenated alkanes) is 5. The molecule has 6 heteroatoms. The van der Waals surface area contributed by atoms with Crippen molar-refractivity contribution in [1.82, 2.24) is 0 Å². The fourth-order valence-corrected chi connectivity index (χ4v) is 2.72. The zero-order chi connectivity index (χ0) is 23.9. The van der Waals surface area contributed by atoms with E-state index in [0.29, 0.717) is 38.9 Å². The summed E-state index contributed by atoms with van der Waals surface area (Å²) in [5, 5.41) is 7.60. The molecule has 0 aliphatic rings. The molecule has 0 aliphatic carbocycles. The number of esters is 2. The molecule has 31 heavy (non-hydrogen) atoms. The number of rotatable bonds is 18. The second-order valence-electron chi connectivity index (χ2n) is 8.68. The molecular formula is C25H46O6. The molecule has 182 valence electrons. The van der Waals surface area contributed by atoms with E-state index in [1.165, 1.54) is 25.7 Å². The van der Waals surface area contributed by atoms with Gasteiger partial charge in [-0.1, -0.05) is 72.8 Å². The number of carbonyl (C=O) groups is 3. The highest BCUT2D eigenvalue weighted by atomic mass is 16.5. The summed E-state index contributed by atoms with van der Waals surface area (Å²) in [6.07, 6.45) is 12.0. The van der Waals surface area contributed by atoms with E-state index in [-0.39, 0.29) is 11.9 Å². The molecule has 0 heterocycles. The Morgan fingerprint density at radius 1 is 0.710 bits per heavy atom. The summed E-state index contributed by atoms with van der Waals surface area (Å²) in [7, 11) is 0. The van der Waals surface area contributed by atoms with Gasteiger partial charge in [-0.15, -0.1) is 0 Å². The van der Waals surface area contributed by atoms with Crippen LogP contribution in [-0.4, -0.2) is 36.2 Å². The van der Waals surface area contributed by atoms with E-state index >= 15 is 0 Å². The predicted octanol–water partition coefficient (Wildman–Crippen LogP) is 6.32. The summed E-state index contributed by atoms with van der Waals surface area (Å²) in [6.45, 7) is 12.9. The van der Waals surface area contributed by atoms with Crippen molar-refractivity contribution >= 4 is 17.9 Å². The first-order valence-corrected chi connectivity index (χ1v) is 11.9. The third-order valence-electron chi connectivity index (χ3n) is 4.56. The number of carbonyl (C=O) groups excluding carboxylic acids is 2. The maximum absolute atomic E-state index is 11.6. The highest BCUT2D eigenvalue weighted by molar-refractivity contribution is 5.78. The fourth-order valence-electron chi connectivity index (χ4n) is 2.72. The van der Waals surface area contributed by atoms with E-state index in [4.69, 9.17) is 14.6 Å². The quantitative estimate of drug-likeness (QED) is 0.152. The summed E-state index contributed by atoms with van der Waals surface area (Å²) >= 11 is 0. The molecule has 0 aromatic carbocycles. The second kappa shape index (κ2) is 22.8. The second-order valence-corrected chi connectivity index (χ2v) is 8.68. The Bertz CT molecular complexity index is 437. The van der Waals surface area contributed by atoms with Gasteiger partial charge in [0.25, 0.3) is 0 Å². The van der Waals surface area contributed by atoms with E-state index in [2.05, 4.69) is 34.3 Å². The Hall–Kier alpha value is -1.85. The van der Waals surface area contributed by atoms with Crippen LogP contribution in [-0.2, 0) is 23.9 Å². The molecule has 0 aromatic rings. The van der Waals surface area contributed by atoms with Gasteiger partial charge in [-0.2, -0.15) is 0 Å². The number of carboxylic acids is 1. The van der Waals surface area contributed by atoms with Gasteiger partial charge in [-0.3, -0.25) is 9.59 Å². The van der Waals surface area contributed by atoms with Gasteiger partial charge < -0.3 is 14.6 Å². The van der Waals surface area contributed by atoms with Crippen LogP contribution in [0.25, 0.3) is 0 Å². The molecule has 0 aromatic heterocycles. The molecule has 0 rings (SSSR count). The van der Waals surface area contributed by atoms with Crippen LogP contribution in [0.3, 0.4) is 0 Å². The lowest BCUT2D eigenvalue weighted by Gasteiger charge is -2.07. The van der Waals surface area contributed by atoms with Crippen molar-refractivity contribution in [2.45, 2.75) is 105 Å². The lowest BCUT2D eigenvalue weighted by Crippen LogP contribution is -2.08. The predicted molar refractivity (Wildman–Crippen MR) is 125 cm³/mol. The van der Waals surface area contributed by atoms with Crippen LogP contribution in [0.5, 0.6) is 0 Å². The van der Waals surface area contributed by atoms with Gasteiger partial charge >= 0.3 is 17.9 Å². The molecule has 6 nitrogen and oxygen atoms in total. The average molecular weight is 443 g/mol. The topological polar surface area (TPSA) is 89.9 Å². The first-order chi connectivity index (χ1) is 14.7. The fraction of sp³-hybridized carbons (Fsp3) is 0.800. The SMILES string of the molecule is C=CC(=O)O.CC(C)CCCCCOC(=O)CCCCC(=O)OCCCCCC(C)C. The highest BCUT2D eigenvalue weighted by Gasteiger charge is 2.06. The van der Waals surface area contributed by atoms with Crippen LogP contribution in [0, 0.1) is 11.8 Å². The zero-order valence-corrected chi connectivity index (χ0v) is 20.3. The number of carboxylic acid groups (broad SMARTS) is 1. The Labute approximate surface area is 189 Å². The minimum atomic E-state index is -0.981. The van der Waals surface area contributed by atoms with Crippen LogP contribution in [0.2, 0.25) is 0 Å². The average Bonchev–Trinajstić information content (AvgIpc) is 2.70. The van der Waals surface area contributed by atoms with Crippen LogP contribution in [0.1, 0.15) is 105 Å². The molecule has 0 radical (unpaired) electrons. The number of hydrogen-bond acceptors (Lipinski definition) is 5. The monoisotopic (exact) mass is 442 g/mol. The molecule has 0 atom stereocenters. The summed E-state index contributed by atoms with van der Waals surface area (Å²) in [5.41, 5.74) is 0. The van der Waals surface area contributed by atoms with Gasteiger partial charge in [-0.25, -0.2) is 4.79 Å². The molecule has 0 saturated heterocycles. The smallest absolute Gasteiger partial charge is 0.327 e. The van der Waals surface area contributed by atoms with Crippen molar-refractivity contribution < 1.29 is 29.0 Å². The van der Waals surface area contributed by atoms with Crippen molar-refractivity contribution in [3.63, 3.8) is 0 Å². The maximum Gasteiger partial charge on any atom is 0.327 e. The standard InChI is InChI=1S/C22H42O4.C3H4O2/c1-19(2)13-7-5-11-17-25-21(23)15-9-10-16-22(24)26-18-12-6-8-14-20(3)4;1-2-3(4)5/h19-20H,5-18H2,1-4H3;2H,1H2,(H,4,5). The van der Waals surface area contributed by atoms with Crippen molar-refractivity contribution in [2.24, 2.45) is 11.8 Å². The van der Waals surface area contributed by atoms with Crippen molar-refractivity contribution in [1.29, 1.82) is 0 Å². The van der Waals surface area contributed by atoms with Crippen LogP contribution in [0.15, 0.2) is 12.7 Å². The van der Waals surface area contributed by atoms with E-state index in [1.54, 1.807) is 0 Å². The lowest BCUT2D eigenvalue weighted by atomic mass is 10.1. The lowest BCUT2D eigenvalue weighted by molar-refractivity contribution is -0.146. The molecule has 0 spiro atoms. The van der Waals surface area contributed by atoms with Gasteiger partial charge in [-0.05, 0) is 37.5 Å². The van der Waals surface area contributed by atoms with Gasteiger partial charge in [0.1, 0.15) is 0 Å². The molecule has 0 amide bonds. The Kier molecular flexibility index (Phi) is 23.1. The molecule has 1 N–H and O–H groups in total. The van der Waals surface area contributed by atoms with E-state index < -0.39 is 5.97 Å². The van der Waals surface area contributed by atoms with Gasteiger partial charge in [0, 0.05) is 18.9 Å². The largest absolute Gasteiger partial charge is 0.478 e. The number of aliphatic carboxylic acids is 1. The summed E-state index contributed by atoms with van der Waals surface area (Å²) in [6, 6.07) is 0. The van der Waals surface area contributed by atoms with Crippen LogP contribution in [0.4, 0.5) is 0 Å². The van der Waals surface area contributed by atoms with Gasteiger partial charge in [0.2, 0.25) is 0 Å². The highest BCUT2D eigenvalue weighted by Crippen LogP contribution is 2.10. The minimum absolute atomic E-state index is 0.146. The zero-order valence-electron chi connectivity index (χ0n) is 20.3. The van der Waals surface area contributed by atoms with Crippen LogP contribution >= 0.6 is 0 Å². The first kappa shape index (κ1) is 31.3. The normalized spacial score (nSPS) is 10.4. The molecular weight excluding hydrogens is 396 g/mol. The molecule has 0 unspecified atom stereocenters. The third-order valence-corrected chi connectivity index (χ3v) is 4.56. The van der Waals surface area contributed by atoms with Crippen molar-refractivity contribution in [3.8, 4) is 0 Å². The van der Waals surface area contributed by atoms with E-state index in [0.717, 1.165) is 43.6 Å². The molecule has 0 saturated carbocycles.